The van der Waals surface area contributed by atoms with Crippen LogP contribution in [0.3, 0.4) is 0 Å². The van der Waals surface area contributed by atoms with Crippen LogP contribution < -0.4 is 5.32 Å². The number of imidazole rings is 1. The van der Waals surface area contributed by atoms with E-state index < -0.39 is 0 Å². The topological polar surface area (TPSA) is 55.6 Å². The molecule has 1 unspecified atom stereocenters. The molecule has 0 saturated carbocycles. The number of hydrogen-bond acceptors (Lipinski definition) is 4. The van der Waals surface area contributed by atoms with Crippen LogP contribution in [0.25, 0.3) is 5.65 Å². The molecule has 2 rings (SSSR count). The van der Waals surface area contributed by atoms with Gasteiger partial charge in [0.05, 0.1) is 12.8 Å². The van der Waals surface area contributed by atoms with Gasteiger partial charge in [-0.2, -0.15) is 0 Å². The molecule has 0 amide bonds. The minimum absolute atomic E-state index is 0.171. The van der Waals surface area contributed by atoms with Crippen LogP contribution in [0.2, 0.25) is 0 Å². The van der Waals surface area contributed by atoms with Crippen molar-refractivity contribution >= 4 is 11.6 Å². The minimum Gasteiger partial charge on any atom is -0.468 e. The van der Waals surface area contributed by atoms with Crippen molar-refractivity contribution in [1.82, 2.24) is 14.7 Å². The Hall–Kier alpha value is -1.88. The number of nitrogens with one attached hydrogen (secondary N) is 1. The fraction of sp³-hybridized carbons (Fsp3) is 0.429. The van der Waals surface area contributed by atoms with Crippen molar-refractivity contribution in [2.75, 3.05) is 7.11 Å². The molecule has 2 aromatic heterocycles. The van der Waals surface area contributed by atoms with E-state index in [1.54, 1.807) is 0 Å². The summed E-state index contributed by atoms with van der Waals surface area (Å²) in [5.74, 6) is -0.0664. The van der Waals surface area contributed by atoms with Crippen LogP contribution in [0.1, 0.15) is 19.5 Å². The Morgan fingerprint density at radius 2 is 2.26 bits per heavy atom. The lowest BCUT2D eigenvalue weighted by Gasteiger charge is -2.19. The standard InChI is InChI=1S/C14H19N3O2/c1-10(2)13(14(18)19-3)15-8-11-9-17-7-5-4-6-12(17)16-11/h4-7,9-10,13,15H,8H2,1-3H3. The quantitative estimate of drug-likeness (QED) is 0.831. The molecule has 0 aliphatic rings. The van der Waals surface area contributed by atoms with Gasteiger partial charge in [0.25, 0.3) is 0 Å². The highest BCUT2D eigenvalue weighted by atomic mass is 16.5. The summed E-state index contributed by atoms with van der Waals surface area (Å²) in [5, 5.41) is 3.20. The first kappa shape index (κ1) is 13.5. The Bertz CT molecular complexity index is 530. The normalized spacial score (nSPS) is 12.8. The molecule has 102 valence electrons. The van der Waals surface area contributed by atoms with Crippen LogP contribution in [0, 0.1) is 5.92 Å². The number of aromatic nitrogens is 2. The molecular formula is C14H19N3O2. The first-order valence-electron chi connectivity index (χ1n) is 6.35. The third kappa shape index (κ3) is 3.12. The van der Waals surface area contributed by atoms with Crippen LogP contribution in [-0.2, 0) is 16.1 Å². The van der Waals surface area contributed by atoms with Crippen LogP contribution in [0.5, 0.6) is 0 Å². The molecule has 0 radical (unpaired) electrons. The zero-order valence-electron chi connectivity index (χ0n) is 11.5. The van der Waals surface area contributed by atoms with Gasteiger partial charge in [-0.25, -0.2) is 4.98 Å². The van der Waals surface area contributed by atoms with Crippen molar-refractivity contribution in [3.8, 4) is 0 Å². The first-order valence-corrected chi connectivity index (χ1v) is 6.35. The van der Waals surface area contributed by atoms with Gasteiger partial charge in [-0.05, 0) is 18.1 Å². The smallest absolute Gasteiger partial charge is 0.323 e. The molecule has 0 fully saturated rings. The summed E-state index contributed by atoms with van der Waals surface area (Å²) < 4.78 is 6.75. The highest BCUT2D eigenvalue weighted by Gasteiger charge is 2.22. The molecule has 19 heavy (non-hydrogen) atoms. The second-order valence-corrected chi connectivity index (χ2v) is 4.82. The maximum absolute atomic E-state index is 11.6. The SMILES string of the molecule is COC(=O)C(NCc1cn2ccccc2n1)C(C)C. The fourth-order valence-corrected chi connectivity index (χ4v) is 2.01. The number of fused-ring (bicyclic) bond motifs is 1. The average Bonchev–Trinajstić information content (AvgIpc) is 2.80. The zero-order chi connectivity index (χ0) is 13.8. The third-order valence-corrected chi connectivity index (χ3v) is 3.04. The summed E-state index contributed by atoms with van der Waals surface area (Å²) in [4.78, 5) is 16.1. The van der Waals surface area contributed by atoms with E-state index >= 15 is 0 Å². The summed E-state index contributed by atoms with van der Waals surface area (Å²) >= 11 is 0. The van der Waals surface area contributed by atoms with E-state index in [1.807, 2.05) is 48.8 Å². The summed E-state index contributed by atoms with van der Waals surface area (Å²) in [6.07, 6.45) is 3.91. The Morgan fingerprint density at radius 1 is 1.47 bits per heavy atom. The highest BCUT2D eigenvalue weighted by molar-refractivity contribution is 5.75. The van der Waals surface area contributed by atoms with Crippen LogP contribution in [0.15, 0.2) is 30.6 Å². The van der Waals surface area contributed by atoms with E-state index in [0.717, 1.165) is 11.3 Å². The van der Waals surface area contributed by atoms with Crippen molar-refractivity contribution in [2.45, 2.75) is 26.4 Å². The van der Waals surface area contributed by atoms with Gasteiger partial charge in [0.1, 0.15) is 11.7 Å². The fourth-order valence-electron chi connectivity index (χ4n) is 2.01. The van der Waals surface area contributed by atoms with E-state index in [9.17, 15) is 4.79 Å². The molecule has 5 heteroatoms. The summed E-state index contributed by atoms with van der Waals surface area (Å²) in [6.45, 7) is 4.51. The lowest BCUT2D eigenvalue weighted by Crippen LogP contribution is -2.41. The third-order valence-electron chi connectivity index (χ3n) is 3.04. The van der Waals surface area contributed by atoms with Gasteiger partial charge in [-0.1, -0.05) is 19.9 Å². The lowest BCUT2D eigenvalue weighted by atomic mass is 10.0. The van der Waals surface area contributed by atoms with Gasteiger partial charge in [0.2, 0.25) is 0 Å². The van der Waals surface area contributed by atoms with Crippen LogP contribution in [0.4, 0.5) is 0 Å². The number of rotatable bonds is 5. The predicted molar refractivity (Wildman–Crippen MR) is 72.7 cm³/mol. The van der Waals surface area contributed by atoms with Crippen molar-refractivity contribution < 1.29 is 9.53 Å². The van der Waals surface area contributed by atoms with Crippen molar-refractivity contribution in [3.63, 3.8) is 0 Å². The Balaban J connectivity index is 2.06. The Labute approximate surface area is 112 Å². The van der Waals surface area contributed by atoms with E-state index in [0.29, 0.717) is 6.54 Å². The van der Waals surface area contributed by atoms with Gasteiger partial charge >= 0.3 is 5.97 Å². The van der Waals surface area contributed by atoms with Crippen molar-refractivity contribution in [2.24, 2.45) is 5.92 Å². The number of hydrogen-bond donors (Lipinski definition) is 1. The largest absolute Gasteiger partial charge is 0.468 e. The second kappa shape index (κ2) is 5.84. The van der Waals surface area contributed by atoms with Gasteiger partial charge < -0.3 is 9.14 Å². The maximum Gasteiger partial charge on any atom is 0.323 e. The van der Waals surface area contributed by atoms with Gasteiger partial charge in [0.15, 0.2) is 0 Å². The number of ether oxygens (including phenoxy) is 1. The summed E-state index contributed by atoms with van der Waals surface area (Å²) in [6, 6.07) is 5.54. The average molecular weight is 261 g/mol. The molecule has 0 aliphatic carbocycles. The predicted octanol–water partition coefficient (Wildman–Crippen LogP) is 1.62. The van der Waals surface area contributed by atoms with E-state index in [-0.39, 0.29) is 17.9 Å². The number of esters is 1. The second-order valence-electron chi connectivity index (χ2n) is 4.82. The molecular weight excluding hydrogens is 242 g/mol. The molecule has 1 atom stereocenters. The number of pyridine rings is 1. The van der Waals surface area contributed by atoms with Crippen molar-refractivity contribution in [1.29, 1.82) is 0 Å². The van der Waals surface area contributed by atoms with Gasteiger partial charge in [0, 0.05) is 18.9 Å². The van der Waals surface area contributed by atoms with E-state index in [2.05, 4.69) is 10.3 Å². The molecule has 2 heterocycles. The molecule has 5 nitrogen and oxygen atoms in total. The molecule has 0 aliphatic heterocycles. The molecule has 0 bridgehead atoms. The molecule has 0 aromatic carbocycles. The first-order chi connectivity index (χ1) is 9.11. The monoisotopic (exact) mass is 261 g/mol. The molecule has 0 saturated heterocycles. The van der Waals surface area contributed by atoms with Crippen LogP contribution in [-0.4, -0.2) is 28.5 Å². The lowest BCUT2D eigenvalue weighted by molar-refractivity contribution is -0.144. The zero-order valence-corrected chi connectivity index (χ0v) is 11.5. The highest BCUT2D eigenvalue weighted by Crippen LogP contribution is 2.07. The van der Waals surface area contributed by atoms with Gasteiger partial charge in [-0.3, -0.25) is 10.1 Å². The number of methoxy groups -OCH3 is 1. The van der Waals surface area contributed by atoms with Crippen LogP contribution >= 0.6 is 0 Å². The summed E-state index contributed by atoms with van der Waals surface area (Å²) in [5.41, 5.74) is 1.80. The Morgan fingerprint density at radius 3 is 2.89 bits per heavy atom. The van der Waals surface area contributed by atoms with E-state index in [1.165, 1.54) is 7.11 Å². The van der Waals surface area contributed by atoms with E-state index in [4.69, 9.17) is 4.74 Å². The Kier molecular flexibility index (Phi) is 4.16. The number of nitrogens with zero attached hydrogens (tertiary/aromatic N) is 2. The molecule has 1 N–H and O–H groups in total. The summed E-state index contributed by atoms with van der Waals surface area (Å²) in [7, 11) is 1.41. The van der Waals surface area contributed by atoms with Crippen molar-refractivity contribution in [3.05, 3.63) is 36.3 Å². The molecule has 2 aromatic rings. The number of carbonyl (C=O) groups is 1. The molecule has 0 spiro atoms. The van der Waals surface area contributed by atoms with Gasteiger partial charge in [-0.15, -0.1) is 0 Å². The minimum atomic E-state index is -0.310. The maximum atomic E-state index is 11.6. The number of carbonyl (C=O) groups excluding carboxylic acids is 1.